The SMILES string of the molecule is CNCCc1[nH]ccc1C=O. The van der Waals surface area contributed by atoms with Gasteiger partial charge in [0.1, 0.15) is 0 Å². The third-order valence-electron chi connectivity index (χ3n) is 1.62. The van der Waals surface area contributed by atoms with Crippen LogP contribution in [0, 0.1) is 0 Å². The van der Waals surface area contributed by atoms with E-state index in [1.807, 2.05) is 7.05 Å². The van der Waals surface area contributed by atoms with Crippen molar-refractivity contribution in [3.8, 4) is 0 Å². The van der Waals surface area contributed by atoms with E-state index in [0.717, 1.165) is 30.5 Å². The molecule has 0 aliphatic carbocycles. The summed E-state index contributed by atoms with van der Waals surface area (Å²) in [6.07, 6.45) is 3.54. The van der Waals surface area contributed by atoms with Gasteiger partial charge in [0.05, 0.1) is 0 Å². The second-order valence-electron chi connectivity index (χ2n) is 2.38. The van der Waals surface area contributed by atoms with Crippen molar-refractivity contribution in [3.05, 3.63) is 23.5 Å². The van der Waals surface area contributed by atoms with Crippen LogP contribution in [0.2, 0.25) is 0 Å². The van der Waals surface area contributed by atoms with Gasteiger partial charge in [0.15, 0.2) is 6.29 Å². The summed E-state index contributed by atoms with van der Waals surface area (Å²) in [5.41, 5.74) is 1.77. The standard InChI is InChI=1S/C8H12N2O/c1-9-4-3-8-7(6-11)2-5-10-8/h2,5-6,9-10H,3-4H2,1H3. The Kier molecular flexibility index (Phi) is 2.86. The Balaban J connectivity index is 2.61. The zero-order valence-corrected chi connectivity index (χ0v) is 6.55. The van der Waals surface area contributed by atoms with Gasteiger partial charge in [-0.3, -0.25) is 4.79 Å². The third kappa shape index (κ3) is 1.91. The molecule has 11 heavy (non-hydrogen) atoms. The lowest BCUT2D eigenvalue weighted by Gasteiger charge is -1.97. The Hall–Kier alpha value is -1.09. The fraction of sp³-hybridized carbons (Fsp3) is 0.375. The molecule has 0 bridgehead atoms. The maximum Gasteiger partial charge on any atom is 0.151 e. The van der Waals surface area contributed by atoms with Crippen LogP contribution >= 0.6 is 0 Å². The van der Waals surface area contributed by atoms with Gasteiger partial charge in [0.2, 0.25) is 0 Å². The van der Waals surface area contributed by atoms with E-state index < -0.39 is 0 Å². The molecule has 1 rings (SSSR count). The second-order valence-corrected chi connectivity index (χ2v) is 2.38. The summed E-state index contributed by atoms with van der Waals surface area (Å²) in [4.78, 5) is 13.4. The highest BCUT2D eigenvalue weighted by Crippen LogP contribution is 2.02. The minimum Gasteiger partial charge on any atom is -0.364 e. The lowest BCUT2D eigenvalue weighted by atomic mass is 10.2. The molecule has 1 aromatic rings. The van der Waals surface area contributed by atoms with Crippen molar-refractivity contribution in [1.29, 1.82) is 0 Å². The van der Waals surface area contributed by atoms with Crippen LogP contribution in [0.5, 0.6) is 0 Å². The lowest BCUT2D eigenvalue weighted by molar-refractivity contribution is 0.112. The maximum absolute atomic E-state index is 10.4. The first kappa shape index (κ1) is 8.01. The molecule has 1 aromatic heterocycles. The van der Waals surface area contributed by atoms with E-state index in [1.165, 1.54) is 0 Å². The summed E-state index contributed by atoms with van der Waals surface area (Å²) >= 11 is 0. The molecule has 2 N–H and O–H groups in total. The first-order chi connectivity index (χ1) is 5.38. The molecular formula is C8H12N2O. The van der Waals surface area contributed by atoms with Gasteiger partial charge in [-0.05, 0) is 13.1 Å². The van der Waals surface area contributed by atoms with Gasteiger partial charge < -0.3 is 10.3 Å². The number of aldehydes is 1. The van der Waals surface area contributed by atoms with E-state index in [-0.39, 0.29) is 0 Å². The third-order valence-corrected chi connectivity index (χ3v) is 1.62. The highest BCUT2D eigenvalue weighted by atomic mass is 16.1. The zero-order valence-electron chi connectivity index (χ0n) is 6.55. The minimum absolute atomic E-state index is 0.764. The Morgan fingerprint density at radius 3 is 3.18 bits per heavy atom. The van der Waals surface area contributed by atoms with E-state index in [0.29, 0.717) is 0 Å². The Morgan fingerprint density at radius 1 is 1.73 bits per heavy atom. The maximum atomic E-state index is 10.4. The average Bonchev–Trinajstić information content (AvgIpc) is 2.47. The number of H-pyrrole nitrogens is 1. The topological polar surface area (TPSA) is 44.9 Å². The summed E-state index contributed by atoms with van der Waals surface area (Å²) in [5.74, 6) is 0. The Labute approximate surface area is 65.8 Å². The monoisotopic (exact) mass is 152 g/mol. The van der Waals surface area contributed by atoms with E-state index in [1.54, 1.807) is 12.3 Å². The molecule has 0 aliphatic heterocycles. The Bertz CT molecular complexity index is 230. The fourth-order valence-corrected chi connectivity index (χ4v) is 0.993. The van der Waals surface area contributed by atoms with Crippen molar-refractivity contribution in [2.75, 3.05) is 13.6 Å². The first-order valence-electron chi connectivity index (χ1n) is 3.64. The van der Waals surface area contributed by atoms with Crippen LogP contribution in [-0.2, 0) is 6.42 Å². The van der Waals surface area contributed by atoms with Crippen LogP contribution < -0.4 is 5.32 Å². The van der Waals surface area contributed by atoms with E-state index in [4.69, 9.17) is 0 Å². The normalized spacial score (nSPS) is 9.91. The van der Waals surface area contributed by atoms with Gasteiger partial charge in [0, 0.05) is 30.4 Å². The van der Waals surface area contributed by atoms with Gasteiger partial charge in [-0.15, -0.1) is 0 Å². The summed E-state index contributed by atoms with van der Waals surface area (Å²) in [6.45, 7) is 0.890. The number of carbonyl (C=O) groups is 1. The highest BCUT2D eigenvalue weighted by Gasteiger charge is 1.99. The molecule has 0 atom stereocenters. The number of aromatic nitrogens is 1. The number of rotatable bonds is 4. The molecule has 3 nitrogen and oxygen atoms in total. The van der Waals surface area contributed by atoms with Gasteiger partial charge >= 0.3 is 0 Å². The molecule has 0 unspecified atom stereocenters. The molecule has 1 heterocycles. The molecule has 0 saturated carbocycles. The van der Waals surface area contributed by atoms with Crippen LogP contribution in [0.25, 0.3) is 0 Å². The quantitative estimate of drug-likeness (QED) is 0.620. The molecule has 0 saturated heterocycles. The zero-order chi connectivity index (χ0) is 8.10. The molecule has 0 radical (unpaired) electrons. The average molecular weight is 152 g/mol. The number of aromatic amines is 1. The second kappa shape index (κ2) is 3.93. The number of likely N-dealkylation sites (N-methyl/N-ethyl adjacent to an activating group) is 1. The van der Waals surface area contributed by atoms with E-state index >= 15 is 0 Å². The minimum atomic E-state index is 0.764. The van der Waals surface area contributed by atoms with Crippen LogP contribution in [0.3, 0.4) is 0 Å². The van der Waals surface area contributed by atoms with Crippen molar-refractivity contribution in [1.82, 2.24) is 10.3 Å². The summed E-state index contributed by atoms with van der Waals surface area (Å²) < 4.78 is 0. The van der Waals surface area contributed by atoms with Gasteiger partial charge in [-0.1, -0.05) is 0 Å². The van der Waals surface area contributed by atoms with Gasteiger partial charge in [-0.25, -0.2) is 0 Å². The van der Waals surface area contributed by atoms with Crippen molar-refractivity contribution in [2.45, 2.75) is 6.42 Å². The molecule has 0 aromatic carbocycles. The molecule has 0 spiro atoms. The number of nitrogens with one attached hydrogen (secondary N) is 2. The molecule has 3 heteroatoms. The molecule has 0 amide bonds. The molecule has 60 valence electrons. The summed E-state index contributed by atoms with van der Waals surface area (Å²) in [6, 6.07) is 1.79. The van der Waals surface area contributed by atoms with Crippen LogP contribution in [0.4, 0.5) is 0 Å². The van der Waals surface area contributed by atoms with Crippen molar-refractivity contribution < 1.29 is 4.79 Å². The lowest BCUT2D eigenvalue weighted by Crippen LogP contribution is -2.11. The molecule has 0 fully saturated rings. The van der Waals surface area contributed by atoms with Crippen LogP contribution in [-0.4, -0.2) is 24.9 Å². The fourth-order valence-electron chi connectivity index (χ4n) is 0.993. The van der Waals surface area contributed by atoms with Crippen molar-refractivity contribution >= 4 is 6.29 Å². The van der Waals surface area contributed by atoms with E-state index in [2.05, 4.69) is 10.3 Å². The van der Waals surface area contributed by atoms with Crippen LogP contribution in [0.1, 0.15) is 16.1 Å². The highest BCUT2D eigenvalue weighted by molar-refractivity contribution is 5.76. The smallest absolute Gasteiger partial charge is 0.151 e. The van der Waals surface area contributed by atoms with Crippen LogP contribution in [0.15, 0.2) is 12.3 Å². The molecule has 0 aliphatic rings. The number of hydrogen-bond donors (Lipinski definition) is 2. The number of carbonyl (C=O) groups excluding carboxylic acids is 1. The van der Waals surface area contributed by atoms with Crippen molar-refractivity contribution in [2.24, 2.45) is 0 Å². The predicted octanol–water partition coefficient (Wildman–Crippen LogP) is 0.589. The number of hydrogen-bond acceptors (Lipinski definition) is 2. The van der Waals surface area contributed by atoms with Gasteiger partial charge in [0.25, 0.3) is 0 Å². The molecular weight excluding hydrogens is 140 g/mol. The Morgan fingerprint density at radius 2 is 2.55 bits per heavy atom. The first-order valence-corrected chi connectivity index (χ1v) is 3.64. The summed E-state index contributed by atoms with van der Waals surface area (Å²) in [5, 5.41) is 3.02. The predicted molar refractivity (Wildman–Crippen MR) is 43.8 cm³/mol. The van der Waals surface area contributed by atoms with Crippen molar-refractivity contribution in [3.63, 3.8) is 0 Å². The summed E-state index contributed by atoms with van der Waals surface area (Å²) in [7, 11) is 1.89. The van der Waals surface area contributed by atoms with Gasteiger partial charge in [-0.2, -0.15) is 0 Å². The largest absolute Gasteiger partial charge is 0.364 e. The van der Waals surface area contributed by atoms with E-state index in [9.17, 15) is 4.79 Å².